The van der Waals surface area contributed by atoms with Crippen LogP contribution in [0.5, 0.6) is 0 Å². The van der Waals surface area contributed by atoms with Gasteiger partial charge in [0, 0.05) is 12.6 Å². The summed E-state index contributed by atoms with van der Waals surface area (Å²) >= 11 is 5.83. The predicted molar refractivity (Wildman–Crippen MR) is 104 cm³/mol. The highest BCUT2D eigenvalue weighted by Gasteiger charge is 2.44. The second kappa shape index (κ2) is 8.08. The molecule has 3 heterocycles. The van der Waals surface area contributed by atoms with Crippen molar-refractivity contribution in [2.45, 2.75) is 31.1 Å². The number of imidazole rings is 1. The number of rotatable bonds is 6. The van der Waals surface area contributed by atoms with Gasteiger partial charge in [-0.05, 0) is 11.6 Å². The van der Waals surface area contributed by atoms with E-state index in [2.05, 4.69) is 20.3 Å². The highest BCUT2D eigenvalue weighted by Crippen LogP contribution is 2.32. The molecule has 4 N–H and O–H groups in total. The van der Waals surface area contributed by atoms with Crippen molar-refractivity contribution in [3.63, 3.8) is 0 Å². The summed E-state index contributed by atoms with van der Waals surface area (Å²) in [6.07, 6.45) is -1.77. The van der Waals surface area contributed by atoms with Gasteiger partial charge in [0.25, 0.3) is 5.69 Å². The molecule has 1 unspecified atom stereocenters. The summed E-state index contributed by atoms with van der Waals surface area (Å²) < 4.78 is 6.96. The Morgan fingerprint density at radius 2 is 2.07 bits per heavy atom. The molecule has 3 aromatic rings. The summed E-state index contributed by atoms with van der Waals surface area (Å²) in [7, 11) is 0. The van der Waals surface area contributed by atoms with Gasteiger partial charge in [-0.15, -0.1) is 0 Å². The molecule has 2 aromatic heterocycles. The second-order valence-corrected chi connectivity index (χ2v) is 7.08. The van der Waals surface area contributed by atoms with Gasteiger partial charge in [-0.2, -0.15) is 0 Å². The van der Waals surface area contributed by atoms with Crippen LogP contribution in [0.2, 0.25) is 5.02 Å². The number of fused-ring (bicyclic) bond motifs is 1. The minimum Gasteiger partial charge on any atom is -0.394 e. The van der Waals surface area contributed by atoms with E-state index in [0.717, 1.165) is 0 Å². The zero-order valence-corrected chi connectivity index (χ0v) is 16.0. The van der Waals surface area contributed by atoms with Crippen molar-refractivity contribution < 1.29 is 25.0 Å². The van der Waals surface area contributed by atoms with E-state index in [-0.39, 0.29) is 17.3 Å². The predicted octanol–water partition coefficient (Wildman–Crippen LogP) is 0.611. The van der Waals surface area contributed by atoms with Crippen LogP contribution in [0.1, 0.15) is 11.8 Å². The number of hydrogen-bond acceptors (Lipinski definition) is 10. The molecular formula is C17H17ClN6O6. The molecule has 1 aromatic carbocycles. The zero-order chi connectivity index (χ0) is 21.4. The van der Waals surface area contributed by atoms with Gasteiger partial charge in [0.1, 0.15) is 29.7 Å². The van der Waals surface area contributed by atoms with Crippen LogP contribution < -0.4 is 5.32 Å². The van der Waals surface area contributed by atoms with E-state index in [0.29, 0.717) is 22.5 Å². The number of hydrogen-bond donors (Lipinski definition) is 4. The monoisotopic (exact) mass is 436 g/mol. The molecule has 4 atom stereocenters. The number of nitro benzene ring substituents is 1. The van der Waals surface area contributed by atoms with Gasteiger partial charge in [0.05, 0.1) is 17.9 Å². The number of nitro groups is 1. The van der Waals surface area contributed by atoms with Crippen LogP contribution >= 0.6 is 11.6 Å². The van der Waals surface area contributed by atoms with Crippen molar-refractivity contribution in [3.8, 4) is 0 Å². The summed E-state index contributed by atoms with van der Waals surface area (Å²) in [6, 6.07) is 4.46. The first kappa shape index (κ1) is 20.4. The number of halogens is 1. The Morgan fingerprint density at radius 3 is 2.77 bits per heavy atom. The molecule has 1 aliphatic heterocycles. The van der Waals surface area contributed by atoms with Gasteiger partial charge in [0.2, 0.25) is 0 Å². The van der Waals surface area contributed by atoms with Gasteiger partial charge in [-0.1, -0.05) is 17.7 Å². The maximum atomic E-state index is 11.0. The molecule has 1 aliphatic rings. The molecule has 0 bridgehead atoms. The molecule has 0 amide bonds. The first-order chi connectivity index (χ1) is 14.4. The Kier molecular flexibility index (Phi) is 5.49. The average Bonchev–Trinajstić information content (AvgIpc) is 3.28. The topological polar surface area (TPSA) is 169 Å². The standard InChI is InChI=1S/C17H17ClN6O6/c18-9-2-1-8(3-10(9)24(28)29)4-19-15-12-16(21-6-20-15)23(7-22-12)17-14(27)13(26)11(5-25)30-17/h1-3,6-7,11,13-14,17,25-27H,4-5H2,(H,19,20,21)/t11-,13-,14-,17?/m1/s1. The van der Waals surface area contributed by atoms with Crippen molar-refractivity contribution in [1.29, 1.82) is 0 Å². The summed E-state index contributed by atoms with van der Waals surface area (Å²) in [4.78, 5) is 23.1. The molecule has 1 saturated heterocycles. The molecule has 158 valence electrons. The molecule has 0 aliphatic carbocycles. The number of aliphatic hydroxyl groups is 3. The Morgan fingerprint density at radius 1 is 1.27 bits per heavy atom. The van der Waals surface area contributed by atoms with E-state index in [1.807, 2.05) is 0 Å². The highest BCUT2D eigenvalue weighted by atomic mass is 35.5. The third-order valence-corrected chi connectivity index (χ3v) is 5.14. The van der Waals surface area contributed by atoms with E-state index >= 15 is 0 Å². The molecule has 0 spiro atoms. The Hall–Kier alpha value is -2.90. The van der Waals surface area contributed by atoms with Crippen LogP contribution in [0.15, 0.2) is 30.9 Å². The fraction of sp³-hybridized carbons (Fsp3) is 0.353. The summed E-state index contributed by atoms with van der Waals surface area (Å²) in [5, 5.41) is 43.6. The lowest BCUT2D eigenvalue weighted by molar-refractivity contribution is -0.384. The molecular weight excluding hydrogens is 420 g/mol. The molecule has 0 saturated carbocycles. The minimum atomic E-state index is -1.28. The smallest absolute Gasteiger partial charge is 0.288 e. The first-order valence-electron chi connectivity index (χ1n) is 8.87. The van der Waals surface area contributed by atoms with E-state index in [1.54, 1.807) is 6.07 Å². The lowest BCUT2D eigenvalue weighted by Crippen LogP contribution is -2.33. The maximum absolute atomic E-state index is 11.0. The number of ether oxygens (including phenoxy) is 1. The number of aliphatic hydroxyl groups excluding tert-OH is 3. The lowest BCUT2D eigenvalue weighted by atomic mass is 10.1. The zero-order valence-electron chi connectivity index (χ0n) is 15.3. The third kappa shape index (κ3) is 3.55. The number of aromatic nitrogens is 4. The van der Waals surface area contributed by atoms with Crippen LogP contribution in [-0.4, -0.2) is 64.7 Å². The van der Waals surface area contributed by atoms with Crippen LogP contribution in [0.3, 0.4) is 0 Å². The van der Waals surface area contributed by atoms with E-state index in [9.17, 15) is 25.4 Å². The van der Waals surface area contributed by atoms with Gasteiger partial charge in [-0.25, -0.2) is 15.0 Å². The Labute approximate surface area is 173 Å². The van der Waals surface area contributed by atoms with E-state index < -0.39 is 36.1 Å². The first-order valence-corrected chi connectivity index (χ1v) is 9.25. The molecule has 1 fully saturated rings. The van der Waals surface area contributed by atoms with Crippen molar-refractivity contribution in [2.24, 2.45) is 0 Å². The Balaban J connectivity index is 1.59. The molecule has 30 heavy (non-hydrogen) atoms. The van der Waals surface area contributed by atoms with Crippen LogP contribution in [0, 0.1) is 10.1 Å². The van der Waals surface area contributed by atoms with E-state index in [4.69, 9.17) is 16.3 Å². The van der Waals surface area contributed by atoms with Crippen LogP contribution in [0.4, 0.5) is 11.5 Å². The lowest BCUT2D eigenvalue weighted by Gasteiger charge is -2.16. The van der Waals surface area contributed by atoms with Gasteiger partial charge >= 0.3 is 0 Å². The third-order valence-electron chi connectivity index (χ3n) is 4.82. The largest absolute Gasteiger partial charge is 0.394 e. The summed E-state index contributed by atoms with van der Waals surface area (Å²) in [5.74, 6) is 0.364. The van der Waals surface area contributed by atoms with Crippen LogP contribution in [-0.2, 0) is 11.3 Å². The van der Waals surface area contributed by atoms with E-state index in [1.165, 1.54) is 29.4 Å². The number of anilines is 1. The maximum Gasteiger partial charge on any atom is 0.288 e. The number of nitrogens with zero attached hydrogens (tertiary/aromatic N) is 5. The Bertz CT molecular complexity index is 1090. The number of nitrogens with one attached hydrogen (secondary N) is 1. The highest BCUT2D eigenvalue weighted by molar-refractivity contribution is 6.32. The second-order valence-electron chi connectivity index (χ2n) is 6.67. The number of benzene rings is 1. The normalized spacial score (nSPS) is 23.7. The molecule has 0 radical (unpaired) electrons. The van der Waals surface area contributed by atoms with Gasteiger partial charge in [0.15, 0.2) is 23.2 Å². The van der Waals surface area contributed by atoms with Crippen molar-refractivity contribution >= 4 is 34.3 Å². The van der Waals surface area contributed by atoms with Crippen molar-refractivity contribution in [3.05, 3.63) is 51.6 Å². The summed E-state index contributed by atoms with van der Waals surface area (Å²) in [6.45, 7) is -0.235. The van der Waals surface area contributed by atoms with Crippen molar-refractivity contribution in [2.75, 3.05) is 11.9 Å². The average molecular weight is 437 g/mol. The van der Waals surface area contributed by atoms with Gasteiger partial charge < -0.3 is 25.4 Å². The van der Waals surface area contributed by atoms with Crippen molar-refractivity contribution in [1.82, 2.24) is 19.5 Å². The molecule has 13 heteroatoms. The fourth-order valence-electron chi connectivity index (χ4n) is 3.27. The van der Waals surface area contributed by atoms with Crippen LogP contribution in [0.25, 0.3) is 11.2 Å². The summed E-state index contributed by atoms with van der Waals surface area (Å²) in [5.41, 5.74) is 1.13. The van der Waals surface area contributed by atoms with Gasteiger partial charge in [-0.3, -0.25) is 14.7 Å². The fourth-order valence-corrected chi connectivity index (χ4v) is 3.46. The minimum absolute atomic E-state index is 0.0467. The molecule has 4 rings (SSSR count). The molecule has 12 nitrogen and oxygen atoms in total. The quantitative estimate of drug-likeness (QED) is 0.317. The SMILES string of the molecule is O=[N+]([O-])c1cc(CNc2ncnc3c2ncn3C2O[C@H](CO)[C@@H](O)[C@H]2O)ccc1Cl.